The van der Waals surface area contributed by atoms with Crippen LogP contribution in [-0.2, 0) is 9.59 Å². The van der Waals surface area contributed by atoms with Gasteiger partial charge in [-0.25, -0.2) is 0 Å². The van der Waals surface area contributed by atoms with E-state index in [4.69, 9.17) is 0 Å². The van der Waals surface area contributed by atoms with E-state index in [2.05, 4.69) is 12.2 Å². The average Bonchev–Trinajstić information content (AvgIpc) is 2.60. The fourth-order valence-electron chi connectivity index (χ4n) is 2.40. The molecule has 18 heavy (non-hydrogen) atoms. The van der Waals surface area contributed by atoms with Gasteiger partial charge in [-0.15, -0.1) is 0 Å². The number of rotatable bonds is 4. The lowest BCUT2D eigenvalue weighted by atomic mass is 10.1. The van der Waals surface area contributed by atoms with Crippen LogP contribution in [0.1, 0.15) is 53.9 Å². The molecule has 2 amide bonds. The molecule has 0 aromatic heterocycles. The highest BCUT2D eigenvalue weighted by Crippen LogP contribution is 2.25. The number of carbonyl (C=O) groups is 2. The van der Waals surface area contributed by atoms with Gasteiger partial charge in [-0.3, -0.25) is 9.59 Å². The smallest absolute Gasteiger partial charge is 0.225 e. The zero-order valence-electron chi connectivity index (χ0n) is 12.2. The maximum atomic E-state index is 12.1. The Hall–Kier alpha value is -1.06. The molecule has 0 unspecified atom stereocenters. The molecule has 2 atom stereocenters. The molecule has 4 nitrogen and oxygen atoms in total. The van der Waals surface area contributed by atoms with Gasteiger partial charge in [0.1, 0.15) is 0 Å². The van der Waals surface area contributed by atoms with Crippen LogP contribution in [-0.4, -0.2) is 34.8 Å². The maximum Gasteiger partial charge on any atom is 0.225 e. The largest absolute Gasteiger partial charge is 0.353 e. The summed E-state index contributed by atoms with van der Waals surface area (Å²) in [7, 11) is 0. The Labute approximate surface area is 110 Å². The highest BCUT2D eigenvalue weighted by atomic mass is 16.2. The van der Waals surface area contributed by atoms with Crippen LogP contribution in [0.3, 0.4) is 0 Å². The number of hydrogen-bond donors (Lipinski definition) is 1. The summed E-state index contributed by atoms with van der Waals surface area (Å²) >= 11 is 0. The molecule has 104 valence electrons. The zero-order valence-corrected chi connectivity index (χ0v) is 12.2. The summed E-state index contributed by atoms with van der Waals surface area (Å²) in [6, 6.07) is 0.196. The molecule has 1 rings (SSSR count). The summed E-state index contributed by atoms with van der Waals surface area (Å²) in [6.07, 6.45) is 2.39. The molecule has 1 heterocycles. The van der Waals surface area contributed by atoms with E-state index in [9.17, 15) is 9.59 Å². The molecule has 1 aliphatic rings. The second-order valence-corrected chi connectivity index (χ2v) is 6.27. The van der Waals surface area contributed by atoms with Crippen molar-refractivity contribution < 1.29 is 9.59 Å². The van der Waals surface area contributed by atoms with Gasteiger partial charge in [0.15, 0.2) is 0 Å². The summed E-state index contributed by atoms with van der Waals surface area (Å²) in [4.78, 5) is 25.8. The Morgan fingerprint density at radius 3 is 2.56 bits per heavy atom. The standard InChI is InChI=1S/C14H26N2O2/c1-6-7-10(2)15-13(18)11-8-12(17)16(9-11)14(3,4)5/h10-11H,6-9H2,1-5H3,(H,15,18)/t10-,11-/m0/s1. The number of amides is 2. The number of hydrogen-bond acceptors (Lipinski definition) is 2. The van der Waals surface area contributed by atoms with Crippen molar-refractivity contribution in [2.45, 2.75) is 65.5 Å². The van der Waals surface area contributed by atoms with Gasteiger partial charge in [0, 0.05) is 24.5 Å². The van der Waals surface area contributed by atoms with Crippen LogP contribution in [0.5, 0.6) is 0 Å². The van der Waals surface area contributed by atoms with Crippen molar-refractivity contribution in [2.24, 2.45) is 5.92 Å². The molecule has 1 fully saturated rings. The van der Waals surface area contributed by atoms with E-state index in [0.29, 0.717) is 13.0 Å². The van der Waals surface area contributed by atoms with Gasteiger partial charge >= 0.3 is 0 Å². The molecular formula is C14H26N2O2. The monoisotopic (exact) mass is 254 g/mol. The van der Waals surface area contributed by atoms with Crippen molar-refractivity contribution in [3.05, 3.63) is 0 Å². The van der Waals surface area contributed by atoms with E-state index in [1.54, 1.807) is 0 Å². The predicted molar refractivity (Wildman–Crippen MR) is 72.1 cm³/mol. The van der Waals surface area contributed by atoms with Crippen LogP contribution >= 0.6 is 0 Å². The molecule has 0 bridgehead atoms. The Morgan fingerprint density at radius 2 is 2.11 bits per heavy atom. The lowest BCUT2D eigenvalue weighted by Crippen LogP contribution is -2.44. The van der Waals surface area contributed by atoms with E-state index in [1.807, 2.05) is 32.6 Å². The Morgan fingerprint density at radius 1 is 1.50 bits per heavy atom. The minimum atomic E-state index is -0.193. The van der Waals surface area contributed by atoms with Crippen LogP contribution in [0.25, 0.3) is 0 Å². The summed E-state index contributed by atoms with van der Waals surface area (Å²) in [5.74, 6) is -0.0714. The maximum absolute atomic E-state index is 12.1. The van der Waals surface area contributed by atoms with Gasteiger partial charge in [0.2, 0.25) is 11.8 Å². The fourth-order valence-corrected chi connectivity index (χ4v) is 2.40. The predicted octanol–water partition coefficient (Wildman–Crippen LogP) is 1.94. The fraction of sp³-hybridized carbons (Fsp3) is 0.857. The summed E-state index contributed by atoms with van der Waals surface area (Å²) in [5, 5.41) is 3.00. The van der Waals surface area contributed by atoms with Crippen molar-refractivity contribution in [2.75, 3.05) is 6.54 Å². The van der Waals surface area contributed by atoms with E-state index < -0.39 is 0 Å². The van der Waals surface area contributed by atoms with Crippen molar-refractivity contribution in [1.29, 1.82) is 0 Å². The van der Waals surface area contributed by atoms with Gasteiger partial charge in [-0.1, -0.05) is 13.3 Å². The van der Waals surface area contributed by atoms with Crippen LogP contribution in [0.2, 0.25) is 0 Å². The number of likely N-dealkylation sites (tertiary alicyclic amines) is 1. The van der Waals surface area contributed by atoms with Crippen LogP contribution in [0.4, 0.5) is 0 Å². The molecule has 0 spiro atoms. The highest BCUT2D eigenvalue weighted by Gasteiger charge is 2.39. The third-order valence-electron chi connectivity index (χ3n) is 3.42. The molecule has 0 aromatic carbocycles. The number of carbonyl (C=O) groups excluding carboxylic acids is 2. The average molecular weight is 254 g/mol. The quantitative estimate of drug-likeness (QED) is 0.833. The second-order valence-electron chi connectivity index (χ2n) is 6.27. The summed E-state index contributed by atoms with van der Waals surface area (Å²) in [6.45, 7) is 10.7. The Bertz CT molecular complexity index is 320. The molecule has 0 aliphatic carbocycles. The minimum Gasteiger partial charge on any atom is -0.353 e. The topological polar surface area (TPSA) is 49.4 Å². The second kappa shape index (κ2) is 5.72. The van der Waals surface area contributed by atoms with E-state index in [0.717, 1.165) is 12.8 Å². The van der Waals surface area contributed by atoms with Crippen LogP contribution < -0.4 is 5.32 Å². The van der Waals surface area contributed by atoms with Gasteiger partial charge in [-0.05, 0) is 34.1 Å². The van der Waals surface area contributed by atoms with Crippen LogP contribution in [0.15, 0.2) is 0 Å². The van der Waals surface area contributed by atoms with Crippen molar-refractivity contribution in [1.82, 2.24) is 10.2 Å². The molecule has 0 aromatic rings. The first-order chi connectivity index (χ1) is 8.25. The number of nitrogens with one attached hydrogen (secondary N) is 1. The van der Waals surface area contributed by atoms with Gasteiger partial charge < -0.3 is 10.2 Å². The van der Waals surface area contributed by atoms with Gasteiger partial charge in [0.25, 0.3) is 0 Å². The molecule has 0 radical (unpaired) electrons. The van der Waals surface area contributed by atoms with E-state index in [-0.39, 0.29) is 29.3 Å². The first-order valence-corrected chi connectivity index (χ1v) is 6.86. The zero-order chi connectivity index (χ0) is 13.9. The van der Waals surface area contributed by atoms with Crippen LogP contribution in [0, 0.1) is 5.92 Å². The third kappa shape index (κ3) is 3.72. The van der Waals surface area contributed by atoms with Gasteiger partial charge in [-0.2, -0.15) is 0 Å². The molecular weight excluding hydrogens is 228 g/mol. The van der Waals surface area contributed by atoms with Crippen molar-refractivity contribution in [3.63, 3.8) is 0 Å². The molecule has 4 heteroatoms. The molecule has 1 aliphatic heterocycles. The minimum absolute atomic E-state index is 0.0241. The summed E-state index contributed by atoms with van der Waals surface area (Å²) < 4.78 is 0. The lowest BCUT2D eigenvalue weighted by Gasteiger charge is -2.32. The molecule has 0 saturated carbocycles. The highest BCUT2D eigenvalue weighted by molar-refractivity contribution is 5.89. The van der Waals surface area contributed by atoms with Crippen molar-refractivity contribution in [3.8, 4) is 0 Å². The normalized spacial score (nSPS) is 22.2. The Kier molecular flexibility index (Phi) is 4.77. The first kappa shape index (κ1) is 15.0. The Balaban J connectivity index is 2.55. The first-order valence-electron chi connectivity index (χ1n) is 6.86. The van der Waals surface area contributed by atoms with Gasteiger partial charge in [0.05, 0.1) is 5.92 Å². The van der Waals surface area contributed by atoms with Crippen molar-refractivity contribution >= 4 is 11.8 Å². The SMILES string of the molecule is CCC[C@H](C)NC(=O)[C@H]1CC(=O)N(C(C)(C)C)C1. The summed E-state index contributed by atoms with van der Waals surface area (Å²) in [5.41, 5.74) is -0.193. The van der Waals surface area contributed by atoms with E-state index in [1.165, 1.54) is 0 Å². The molecule has 1 saturated heterocycles. The van der Waals surface area contributed by atoms with E-state index >= 15 is 0 Å². The molecule has 1 N–H and O–H groups in total. The third-order valence-corrected chi connectivity index (χ3v) is 3.42. The number of nitrogens with zero attached hydrogens (tertiary/aromatic N) is 1. The lowest BCUT2D eigenvalue weighted by molar-refractivity contribution is -0.132.